The van der Waals surface area contributed by atoms with Crippen molar-refractivity contribution < 1.29 is 13.2 Å². The minimum absolute atomic E-state index is 0.194. The lowest BCUT2D eigenvalue weighted by atomic mass is 10.2. The molecule has 0 saturated carbocycles. The van der Waals surface area contributed by atoms with Gasteiger partial charge in [0.2, 0.25) is 15.9 Å². The minimum atomic E-state index is -3.44. The first-order chi connectivity index (χ1) is 10.5. The molecule has 9 heteroatoms. The van der Waals surface area contributed by atoms with Gasteiger partial charge >= 0.3 is 0 Å². The number of ether oxygens (including phenoxy) is 1. The maximum Gasteiger partial charge on any atom is 0.238 e. The van der Waals surface area contributed by atoms with Crippen LogP contribution in [0.3, 0.4) is 0 Å². The Bertz CT molecular complexity index is 936. The summed E-state index contributed by atoms with van der Waals surface area (Å²) in [6, 6.07) is 5.17. The van der Waals surface area contributed by atoms with E-state index in [2.05, 4.69) is 19.8 Å². The van der Waals surface area contributed by atoms with Gasteiger partial charge < -0.3 is 4.74 Å². The highest BCUT2D eigenvalue weighted by Crippen LogP contribution is 2.28. The van der Waals surface area contributed by atoms with Crippen molar-refractivity contribution in [3.8, 4) is 17.1 Å². The highest BCUT2D eigenvalue weighted by Gasteiger charge is 2.12. The molecule has 0 saturated heterocycles. The van der Waals surface area contributed by atoms with Crippen molar-refractivity contribution >= 4 is 21.4 Å². The van der Waals surface area contributed by atoms with Crippen LogP contribution in [-0.4, -0.2) is 41.4 Å². The van der Waals surface area contributed by atoms with Crippen LogP contribution < -0.4 is 9.46 Å². The van der Waals surface area contributed by atoms with Gasteiger partial charge in [0.25, 0.3) is 0 Å². The largest absolute Gasteiger partial charge is 0.480 e. The van der Waals surface area contributed by atoms with Gasteiger partial charge in [-0.3, -0.25) is 4.72 Å². The summed E-state index contributed by atoms with van der Waals surface area (Å²) >= 11 is 0. The molecule has 0 bridgehead atoms. The maximum atomic E-state index is 11.4. The van der Waals surface area contributed by atoms with E-state index in [1.807, 2.05) is 0 Å². The first kappa shape index (κ1) is 14.3. The van der Waals surface area contributed by atoms with Gasteiger partial charge in [-0.15, -0.1) is 0 Å². The molecule has 22 heavy (non-hydrogen) atoms. The van der Waals surface area contributed by atoms with Crippen molar-refractivity contribution in [1.82, 2.24) is 19.6 Å². The van der Waals surface area contributed by atoms with Crippen LogP contribution in [0, 0.1) is 0 Å². The standard InChI is InChI=1S/C13H13N5O3S/c1-21-13-11(17-22(2,19)20)7-9(8-14-13)10-4-6-18-12(16-10)3-5-15-18/h3-8,17H,1-2H3. The van der Waals surface area contributed by atoms with Crippen LogP contribution in [0.25, 0.3) is 16.9 Å². The van der Waals surface area contributed by atoms with Gasteiger partial charge in [0, 0.05) is 24.0 Å². The summed E-state index contributed by atoms with van der Waals surface area (Å²) in [6.07, 6.45) is 6.05. The average molecular weight is 319 g/mol. The van der Waals surface area contributed by atoms with Gasteiger partial charge in [-0.05, 0) is 12.1 Å². The lowest BCUT2D eigenvalue weighted by molar-refractivity contribution is 0.400. The average Bonchev–Trinajstić information content (AvgIpc) is 2.92. The molecule has 0 aliphatic carbocycles. The zero-order valence-corrected chi connectivity index (χ0v) is 12.7. The predicted octanol–water partition coefficient (Wildman–Crippen LogP) is 1.17. The Kier molecular flexibility index (Phi) is 3.41. The molecule has 0 spiro atoms. The Morgan fingerprint density at radius 1 is 1.32 bits per heavy atom. The Labute approximate surface area is 126 Å². The number of hydrogen-bond acceptors (Lipinski definition) is 6. The van der Waals surface area contributed by atoms with Crippen LogP contribution in [0.15, 0.2) is 36.8 Å². The predicted molar refractivity (Wildman–Crippen MR) is 81.2 cm³/mol. The van der Waals surface area contributed by atoms with Crippen molar-refractivity contribution in [2.24, 2.45) is 0 Å². The van der Waals surface area contributed by atoms with Crippen molar-refractivity contribution in [2.45, 2.75) is 0 Å². The number of aromatic nitrogens is 4. The molecule has 114 valence electrons. The van der Waals surface area contributed by atoms with E-state index in [0.29, 0.717) is 16.9 Å². The number of rotatable bonds is 4. The number of methoxy groups -OCH3 is 1. The van der Waals surface area contributed by atoms with Crippen LogP contribution in [0.2, 0.25) is 0 Å². The summed E-state index contributed by atoms with van der Waals surface area (Å²) in [5.74, 6) is 0.194. The lowest BCUT2D eigenvalue weighted by Gasteiger charge is -2.10. The molecule has 0 aliphatic heterocycles. The van der Waals surface area contributed by atoms with Crippen LogP contribution in [0.5, 0.6) is 5.88 Å². The molecular weight excluding hydrogens is 306 g/mol. The summed E-state index contributed by atoms with van der Waals surface area (Å²) in [7, 11) is -2.02. The van der Waals surface area contributed by atoms with E-state index in [9.17, 15) is 8.42 Å². The highest BCUT2D eigenvalue weighted by atomic mass is 32.2. The van der Waals surface area contributed by atoms with Crippen LogP contribution in [0.4, 0.5) is 5.69 Å². The van der Waals surface area contributed by atoms with E-state index < -0.39 is 10.0 Å². The van der Waals surface area contributed by atoms with E-state index in [-0.39, 0.29) is 11.6 Å². The van der Waals surface area contributed by atoms with Crippen molar-refractivity contribution in [3.63, 3.8) is 0 Å². The second-order valence-electron chi connectivity index (χ2n) is 4.60. The number of nitrogens with one attached hydrogen (secondary N) is 1. The molecule has 3 rings (SSSR count). The van der Waals surface area contributed by atoms with Gasteiger partial charge in [-0.2, -0.15) is 5.10 Å². The van der Waals surface area contributed by atoms with E-state index in [1.165, 1.54) is 7.11 Å². The quantitative estimate of drug-likeness (QED) is 0.775. The molecule has 0 unspecified atom stereocenters. The fraction of sp³-hybridized carbons (Fsp3) is 0.154. The Morgan fingerprint density at radius 3 is 2.86 bits per heavy atom. The van der Waals surface area contributed by atoms with E-state index >= 15 is 0 Å². The first-order valence-electron chi connectivity index (χ1n) is 6.29. The molecular formula is C13H13N5O3S. The maximum absolute atomic E-state index is 11.4. The van der Waals surface area contributed by atoms with Gasteiger partial charge in [0.05, 0.1) is 25.3 Å². The van der Waals surface area contributed by atoms with Gasteiger partial charge in [-0.25, -0.2) is 22.9 Å². The summed E-state index contributed by atoms with van der Waals surface area (Å²) in [6.45, 7) is 0. The second kappa shape index (κ2) is 5.26. The SMILES string of the molecule is COc1ncc(-c2ccn3nccc3n2)cc1NS(C)(=O)=O. The minimum Gasteiger partial charge on any atom is -0.480 e. The molecule has 0 atom stereocenters. The molecule has 1 N–H and O–H groups in total. The third-order valence-electron chi connectivity index (χ3n) is 2.89. The summed E-state index contributed by atoms with van der Waals surface area (Å²) < 4.78 is 32.0. The fourth-order valence-electron chi connectivity index (χ4n) is 2.00. The zero-order valence-electron chi connectivity index (χ0n) is 11.9. The number of hydrogen-bond donors (Lipinski definition) is 1. The number of nitrogens with zero attached hydrogens (tertiary/aromatic N) is 4. The highest BCUT2D eigenvalue weighted by molar-refractivity contribution is 7.92. The van der Waals surface area contributed by atoms with E-state index in [4.69, 9.17) is 4.74 Å². The summed E-state index contributed by atoms with van der Waals surface area (Å²) in [4.78, 5) is 8.55. The molecule has 0 aromatic carbocycles. The van der Waals surface area contributed by atoms with Gasteiger partial charge in [0.15, 0.2) is 5.65 Å². The van der Waals surface area contributed by atoms with Crippen molar-refractivity contribution in [2.75, 3.05) is 18.1 Å². The number of sulfonamides is 1. The number of pyridine rings is 1. The zero-order chi connectivity index (χ0) is 15.7. The molecule has 3 aromatic heterocycles. The van der Waals surface area contributed by atoms with Gasteiger partial charge in [0.1, 0.15) is 5.69 Å². The first-order valence-corrected chi connectivity index (χ1v) is 8.18. The number of fused-ring (bicyclic) bond motifs is 1. The topological polar surface area (TPSA) is 98.5 Å². The summed E-state index contributed by atoms with van der Waals surface area (Å²) in [5.41, 5.74) is 2.26. The molecule has 0 aliphatic rings. The second-order valence-corrected chi connectivity index (χ2v) is 6.35. The molecule has 0 amide bonds. The van der Waals surface area contributed by atoms with E-state index in [1.54, 1.807) is 41.3 Å². The van der Waals surface area contributed by atoms with Crippen molar-refractivity contribution in [3.05, 3.63) is 36.8 Å². The third kappa shape index (κ3) is 2.84. The smallest absolute Gasteiger partial charge is 0.238 e. The Balaban J connectivity index is 2.08. The summed E-state index contributed by atoms with van der Waals surface area (Å²) in [5, 5.41) is 4.07. The van der Waals surface area contributed by atoms with Crippen LogP contribution in [0.1, 0.15) is 0 Å². The monoisotopic (exact) mass is 319 g/mol. The van der Waals surface area contributed by atoms with Crippen molar-refractivity contribution in [1.29, 1.82) is 0 Å². The molecule has 3 heterocycles. The van der Waals surface area contributed by atoms with E-state index in [0.717, 1.165) is 6.26 Å². The van der Waals surface area contributed by atoms with Gasteiger partial charge in [-0.1, -0.05) is 0 Å². The normalized spacial score (nSPS) is 11.5. The third-order valence-corrected chi connectivity index (χ3v) is 3.48. The Morgan fingerprint density at radius 2 is 2.14 bits per heavy atom. The number of anilines is 1. The molecule has 0 radical (unpaired) electrons. The molecule has 3 aromatic rings. The fourth-order valence-corrected chi connectivity index (χ4v) is 2.55. The molecule has 8 nitrogen and oxygen atoms in total. The lowest BCUT2D eigenvalue weighted by Crippen LogP contribution is -2.11. The molecule has 0 fully saturated rings. The van der Waals surface area contributed by atoms with Crippen LogP contribution in [-0.2, 0) is 10.0 Å². The Hall–Kier alpha value is -2.68. The van der Waals surface area contributed by atoms with Crippen LogP contribution >= 0.6 is 0 Å².